The fourth-order valence-corrected chi connectivity index (χ4v) is 4.22. The lowest BCUT2D eigenvalue weighted by Gasteiger charge is -2.46. The van der Waals surface area contributed by atoms with Crippen LogP contribution in [0.1, 0.15) is 24.8 Å². The van der Waals surface area contributed by atoms with Crippen molar-refractivity contribution in [3.63, 3.8) is 0 Å². The molecule has 1 aromatic rings. The van der Waals surface area contributed by atoms with Crippen molar-refractivity contribution in [1.82, 2.24) is 19.7 Å². The lowest BCUT2D eigenvalue weighted by molar-refractivity contribution is -0.137. The van der Waals surface area contributed by atoms with E-state index < -0.39 is 5.97 Å². The number of hydrogen-bond acceptors (Lipinski definition) is 5. The summed E-state index contributed by atoms with van der Waals surface area (Å²) < 4.78 is 0. The van der Waals surface area contributed by atoms with Gasteiger partial charge >= 0.3 is 5.97 Å². The third-order valence-corrected chi connectivity index (χ3v) is 5.64. The summed E-state index contributed by atoms with van der Waals surface area (Å²) in [5.74, 6) is -0.244. The van der Waals surface area contributed by atoms with Crippen LogP contribution in [0.2, 0.25) is 0 Å². The molecular weight excluding hydrogens is 316 g/mol. The van der Waals surface area contributed by atoms with E-state index in [4.69, 9.17) is 5.11 Å². The molecule has 2 aliphatic rings. The van der Waals surface area contributed by atoms with Gasteiger partial charge in [0.25, 0.3) is 0 Å². The average molecular weight is 346 g/mol. The van der Waals surface area contributed by atoms with Gasteiger partial charge in [0.2, 0.25) is 0 Å². The fraction of sp³-hybridized carbons (Fsp3) is 0.684. The van der Waals surface area contributed by atoms with E-state index in [0.29, 0.717) is 12.0 Å². The van der Waals surface area contributed by atoms with Crippen LogP contribution in [0.15, 0.2) is 24.5 Å². The molecule has 0 unspecified atom stereocenters. The van der Waals surface area contributed by atoms with E-state index in [2.05, 4.69) is 32.8 Å². The van der Waals surface area contributed by atoms with Crippen molar-refractivity contribution >= 4 is 5.97 Å². The first-order valence-corrected chi connectivity index (χ1v) is 9.37. The van der Waals surface area contributed by atoms with Crippen LogP contribution >= 0.6 is 0 Å². The predicted octanol–water partition coefficient (Wildman–Crippen LogP) is 1.38. The van der Waals surface area contributed by atoms with Crippen LogP contribution in [0.25, 0.3) is 0 Å². The highest BCUT2D eigenvalue weighted by atomic mass is 16.4. The average Bonchev–Trinajstić information content (AvgIpc) is 2.62. The maximum Gasteiger partial charge on any atom is 0.303 e. The Hall–Kier alpha value is -1.50. The highest BCUT2D eigenvalue weighted by molar-refractivity contribution is 5.66. The molecule has 1 aromatic heterocycles. The van der Waals surface area contributed by atoms with Crippen LogP contribution in [0.4, 0.5) is 0 Å². The predicted molar refractivity (Wildman–Crippen MR) is 97.3 cm³/mol. The quantitative estimate of drug-likeness (QED) is 0.840. The molecule has 138 valence electrons. The first-order chi connectivity index (χ1) is 12.1. The Bertz CT molecular complexity index is 546. The second-order valence-electron chi connectivity index (χ2n) is 7.48. The summed E-state index contributed by atoms with van der Waals surface area (Å²) in [6.07, 6.45) is 5.91. The van der Waals surface area contributed by atoms with Gasteiger partial charge in [-0.2, -0.15) is 0 Å². The van der Waals surface area contributed by atoms with Crippen LogP contribution < -0.4 is 0 Å². The number of hydrogen-bond donors (Lipinski definition) is 1. The molecule has 6 nitrogen and oxygen atoms in total. The van der Waals surface area contributed by atoms with E-state index in [1.165, 1.54) is 5.56 Å². The molecular formula is C19H30N4O2. The molecule has 0 amide bonds. The molecule has 2 saturated heterocycles. The number of likely N-dealkylation sites (N-methyl/N-ethyl adjacent to an activating group) is 1. The van der Waals surface area contributed by atoms with Gasteiger partial charge in [0.05, 0.1) is 0 Å². The number of piperazine rings is 1. The minimum absolute atomic E-state index is 0.273. The van der Waals surface area contributed by atoms with Gasteiger partial charge in [0.15, 0.2) is 0 Å². The first-order valence-electron chi connectivity index (χ1n) is 9.37. The van der Waals surface area contributed by atoms with Crippen molar-refractivity contribution in [2.24, 2.45) is 5.92 Å². The number of aliphatic carboxylic acids is 1. The molecule has 6 heteroatoms. The third-order valence-electron chi connectivity index (χ3n) is 5.64. The molecule has 0 spiro atoms. The zero-order chi connectivity index (χ0) is 17.6. The van der Waals surface area contributed by atoms with Gasteiger partial charge in [-0.1, -0.05) is 6.07 Å². The Morgan fingerprint density at radius 2 is 2.08 bits per heavy atom. The van der Waals surface area contributed by atoms with E-state index in [1.807, 2.05) is 12.3 Å². The summed E-state index contributed by atoms with van der Waals surface area (Å²) in [6, 6.07) is 4.62. The minimum atomic E-state index is -0.679. The normalized spacial score (nSPS) is 26.6. The van der Waals surface area contributed by atoms with Gasteiger partial charge in [0, 0.05) is 64.1 Å². The maximum atomic E-state index is 11.1. The van der Waals surface area contributed by atoms with Gasteiger partial charge in [-0.05, 0) is 44.0 Å². The maximum absolute atomic E-state index is 11.1. The Labute approximate surface area is 150 Å². The smallest absolute Gasteiger partial charge is 0.303 e. The summed E-state index contributed by atoms with van der Waals surface area (Å²) in [5.41, 5.74) is 1.23. The SMILES string of the molecule is CN1CCN([C@@H]2CCN(Cc3cccnc3)C[C@@H]2CCC(=O)O)CC1. The molecule has 0 bridgehead atoms. The largest absolute Gasteiger partial charge is 0.481 e. The molecule has 0 aliphatic carbocycles. The highest BCUT2D eigenvalue weighted by Crippen LogP contribution is 2.28. The molecule has 0 radical (unpaired) electrons. The van der Waals surface area contributed by atoms with Gasteiger partial charge < -0.3 is 10.0 Å². The summed E-state index contributed by atoms with van der Waals surface area (Å²) in [4.78, 5) is 22.8. The van der Waals surface area contributed by atoms with Crippen LogP contribution in [0.3, 0.4) is 0 Å². The summed E-state index contributed by atoms with van der Waals surface area (Å²) in [7, 11) is 2.18. The fourth-order valence-electron chi connectivity index (χ4n) is 4.22. The Morgan fingerprint density at radius 3 is 2.76 bits per heavy atom. The van der Waals surface area contributed by atoms with Crippen LogP contribution in [-0.4, -0.2) is 83.1 Å². The Morgan fingerprint density at radius 1 is 1.28 bits per heavy atom. The number of piperidine rings is 1. The topological polar surface area (TPSA) is 59.9 Å². The molecule has 2 fully saturated rings. The third kappa shape index (κ3) is 5.23. The standard InChI is InChI=1S/C19H30N4O2/c1-21-9-11-23(12-10-21)18-6-8-22(14-16-3-2-7-20-13-16)15-17(18)4-5-19(24)25/h2-3,7,13,17-18H,4-6,8-12,14-15H2,1H3,(H,24,25)/t17-,18+/m0/s1. The number of nitrogens with zero attached hydrogens (tertiary/aromatic N) is 4. The second kappa shape index (κ2) is 8.74. The van der Waals surface area contributed by atoms with E-state index in [0.717, 1.165) is 58.7 Å². The number of carboxylic acid groups (broad SMARTS) is 1. The van der Waals surface area contributed by atoms with E-state index in [1.54, 1.807) is 6.20 Å². The van der Waals surface area contributed by atoms with Crippen molar-refractivity contribution in [2.75, 3.05) is 46.3 Å². The summed E-state index contributed by atoms with van der Waals surface area (Å²) in [5, 5.41) is 9.13. The monoisotopic (exact) mass is 346 g/mol. The lowest BCUT2D eigenvalue weighted by Crippen LogP contribution is -2.56. The van der Waals surface area contributed by atoms with Crippen LogP contribution in [-0.2, 0) is 11.3 Å². The Kier molecular flexibility index (Phi) is 6.39. The number of pyridine rings is 1. The van der Waals surface area contributed by atoms with Gasteiger partial charge in [-0.25, -0.2) is 0 Å². The molecule has 2 aliphatic heterocycles. The molecule has 2 atom stereocenters. The second-order valence-corrected chi connectivity index (χ2v) is 7.48. The molecule has 25 heavy (non-hydrogen) atoms. The highest BCUT2D eigenvalue weighted by Gasteiger charge is 2.34. The molecule has 0 aromatic carbocycles. The van der Waals surface area contributed by atoms with E-state index >= 15 is 0 Å². The zero-order valence-corrected chi connectivity index (χ0v) is 15.2. The molecule has 0 saturated carbocycles. The molecule has 3 rings (SSSR count). The lowest BCUT2D eigenvalue weighted by atomic mass is 9.86. The van der Waals surface area contributed by atoms with E-state index in [-0.39, 0.29) is 6.42 Å². The molecule has 1 N–H and O–H groups in total. The van der Waals surface area contributed by atoms with Gasteiger partial charge in [-0.3, -0.25) is 19.6 Å². The van der Waals surface area contributed by atoms with Gasteiger partial charge in [0.1, 0.15) is 0 Å². The van der Waals surface area contributed by atoms with Crippen molar-refractivity contribution in [1.29, 1.82) is 0 Å². The van der Waals surface area contributed by atoms with Crippen molar-refractivity contribution in [3.8, 4) is 0 Å². The van der Waals surface area contributed by atoms with Crippen LogP contribution in [0.5, 0.6) is 0 Å². The van der Waals surface area contributed by atoms with Gasteiger partial charge in [-0.15, -0.1) is 0 Å². The van der Waals surface area contributed by atoms with Crippen molar-refractivity contribution < 1.29 is 9.90 Å². The summed E-state index contributed by atoms with van der Waals surface area (Å²) in [6.45, 7) is 7.41. The summed E-state index contributed by atoms with van der Waals surface area (Å²) >= 11 is 0. The Balaban J connectivity index is 1.62. The van der Waals surface area contributed by atoms with Crippen LogP contribution in [0, 0.1) is 5.92 Å². The van der Waals surface area contributed by atoms with E-state index in [9.17, 15) is 4.79 Å². The zero-order valence-electron chi connectivity index (χ0n) is 15.2. The number of rotatable bonds is 6. The number of carbonyl (C=O) groups is 1. The molecule has 3 heterocycles. The minimum Gasteiger partial charge on any atom is -0.481 e. The number of carboxylic acids is 1. The first kappa shape index (κ1) is 18.3. The van der Waals surface area contributed by atoms with Crippen molar-refractivity contribution in [2.45, 2.75) is 31.8 Å². The number of likely N-dealkylation sites (tertiary alicyclic amines) is 1. The van der Waals surface area contributed by atoms with Crippen molar-refractivity contribution in [3.05, 3.63) is 30.1 Å². The number of aromatic nitrogens is 1.